The highest BCUT2D eigenvalue weighted by atomic mass is 32.2. The van der Waals surface area contributed by atoms with E-state index in [1.807, 2.05) is 12.1 Å². The SMILES string of the molecule is CC(OC(=O)c1cccc(S(=O)(=O)N2CCc3ccccc32)c1)C(=O)NC1CCCCC1C. The fraction of sp³-hybridized carbons (Fsp3) is 0.440. The molecule has 0 saturated heterocycles. The summed E-state index contributed by atoms with van der Waals surface area (Å²) in [6.45, 7) is 4.00. The number of esters is 1. The molecule has 0 spiro atoms. The lowest BCUT2D eigenvalue weighted by molar-refractivity contribution is -0.130. The van der Waals surface area contributed by atoms with E-state index < -0.39 is 22.1 Å². The third-order valence-corrected chi connectivity index (χ3v) is 8.40. The number of carbonyl (C=O) groups excluding carboxylic acids is 2. The van der Waals surface area contributed by atoms with Gasteiger partial charge in [-0.05, 0) is 61.9 Å². The summed E-state index contributed by atoms with van der Waals surface area (Å²) in [6, 6.07) is 13.3. The van der Waals surface area contributed by atoms with Crippen LogP contribution < -0.4 is 9.62 Å². The Morgan fingerprint density at radius 2 is 1.85 bits per heavy atom. The molecular weight excluding hydrogens is 440 g/mol. The lowest BCUT2D eigenvalue weighted by atomic mass is 9.86. The Kier molecular flexibility index (Phi) is 6.74. The molecule has 2 aromatic rings. The number of carbonyl (C=O) groups is 2. The number of hydrogen-bond acceptors (Lipinski definition) is 5. The molecule has 1 heterocycles. The van der Waals surface area contributed by atoms with Crippen LogP contribution in [0.1, 0.15) is 55.5 Å². The second-order valence-electron chi connectivity index (χ2n) is 8.91. The van der Waals surface area contributed by atoms with E-state index in [1.165, 1.54) is 41.9 Å². The number of anilines is 1. The lowest BCUT2D eigenvalue weighted by Crippen LogP contribution is -2.46. The van der Waals surface area contributed by atoms with Crippen molar-refractivity contribution in [2.75, 3.05) is 10.8 Å². The normalized spacial score (nSPS) is 21.2. The number of amides is 1. The van der Waals surface area contributed by atoms with Gasteiger partial charge in [-0.2, -0.15) is 0 Å². The summed E-state index contributed by atoms with van der Waals surface area (Å²) in [4.78, 5) is 25.3. The third-order valence-electron chi connectivity index (χ3n) is 6.59. The van der Waals surface area contributed by atoms with Gasteiger partial charge in [-0.15, -0.1) is 0 Å². The van der Waals surface area contributed by atoms with Crippen LogP contribution in [0.15, 0.2) is 53.4 Å². The number of rotatable bonds is 6. The molecule has 33 heavy (non-hydrogen) atoms. The summed E-state index contributed by atoms with van der Waals surface area (Å²) in [5, 5.41) is 2.99. The Hall–Kier alpha value is -2.87. The van der Waals surface area contributed by atoms with Crippen molar-refractivity contribution in [3.05, 3.63) is 59.7 Å². The van der Waals surface area contributed by atoms with Crippen molar-refractivity contribution in [3.63, 3.8) is 0 Å². The van der Waals surface area contributed by atoms with Crippen LogP contribution in [0.2, 0.25) is 0 Å². The van der Waals surface area contributed by atoms with Crippen molar-refractivity contribution in [1.82, 2.24) is 5.32 Å². The first-order valence-corrected chi connectivity index (χ1v) is 12.9. The average Bonchev–Trinajstić information content (AvgIpc) is 3.25. The van der Waals surface area contributed by atoms with Crippen molar-refractivity contribution in [1.29, 1.82) is 0 Å². The maximum absolute atomic E-state index is 13.3. The molecule has 1 aliphatic carbocycles. The third kappa shape index (κ3) is 4.90. The van der Waals surface area contributed by atoms with Gasteiger partial charge in [-0.25, -0.2) is 13.2 Å². The van der Waals surface area contributed by atoms with E-state index in [0.717, 1.165) is 24.8 Å². The fourth-order valence-corrected chi connectivity index (χ4v) is 6.13. The predicted molar refractivity (Wildman–Crippen MR) is 126 cm³/mol. The van der Waals surface area contributed by atoms with Gasteiger partial charge in [0.15, 0.2) is 6.10 Å². The molecule has 2 aromatic carbocycles. The second kappa shape index (κ2) is 9.55. The van der Waals surface area contributed by atoms with E-state index >= 15 is 0 Å². The second-order valence-corrected chi connectivity index (χ2v) is 10.8. The number of nitrogens with one attached hydrogen (secondary N) is 1. The molecule has 1 saturated carbocycles. The fourth-order valence-electron chi connectivity index (χ4n) is 4.58. The van der Waals surface area contributed by atoms with Gasteiger partial charge < -0.3 is 10.1 Å². The molecule has 3 unspecified atom stereocenters. The molecule has 176 valence electrons. The molecule has 4 rings (SSSR count). The number of fused-ring (bicyclic) bond motifs is 1. The van der Waals surface area contributed by atoms with E-state index in [1.54, 1.807) is 12.1 Å². The number of sulfonamides is 1. The molecule has 8 heteroatoms. The number of para-hydroxylation sites is 1. The lowest BCUT2D eigenvalue weighted by Gasteiger charge is -2.30. The Labute approximate surface area is 195 Å². The molecule has 1 aliphatic heterocycles. The minimum Gasteiger partial charge on any atom is -0.449 e. The van der Waals surface area contributed by atoms with Gasteiger partial charge in [0.25, 0.3) is 15.9 Å². The molecule has 1 N–H and O–H groups in total. The van der Waals surface area contributed by atoms with Crippen LogP contribution in [0, 0.1) is 5.92 Å². The summed E-state index contributed by atoms with van der Waals surface area (Å²) >= 11 is 0. The van der Waals surface area contributed by atoms with E-state index in [9.17, 15) is 18.0 Å². The van der Waals surface area contributed by atoms with E-state index in [0.29, 0.717) is 24.6 Å². The molecule has 7 nitrogen and oxygen atoms in total. The minimum absolute atomic E-state index is 0.0155. The Morgan fingerprint density at radius 1 is 1.09 bits per heavy atom. The topological polar surface area (TPSA) is 92.8 Å². The Morgan fingerprint density at radius 3 is 2.64 bits per heavy atom. The maximum atomic E-state index is 13.3. The van der Waals surface area contributed by atoms with Crippen LogP contribution in [-0.4, -0.2) is 39.0 Å². The standard InChI is InChI=1S/C25H30N2O5S/c1-17-8-3-5-12-22(17)26-24(28)18(2)32-25(29)20-10-7-11-21(16-20)33(30,31)27-15-14-19-9-4-6-13-23(19)27/h4,6-7,9-11,13,16-18,22H,3,5,8,12,14-15H2,1-2H3,(H,26,28). The molecule has 0 bridgehead atoms. The highest BCUT2D eigenvalue weighted by molar-refractivity contribution is 7.92. The van der Waals surface area contributed by atoms with Crippen LogP contribution in [-0.2, 0) is 26.0 Å². The highest BCUT2D eigenvalue weighted by Gasteiger charge is 2.31. The van der Waals surface area contributed by atoms with Crippen LogP contribution >= 0.6 is 0 Å². The zero-order valence-corrected chi connectivity index (χ0v) is 19.8. The van der Waals surface area contributed by atoms with Crippen molar-refractivity contribution < 1.29 is 22.7 Å². The van der Waals surface area contributed by atoms with Crippen molar-refractivity contribution in [2.24, 2.45) is 5.92 Å². The molecule has 0 radical (unpaired) electrons. The smallest absolute Gasteiger partial charge is 0.338 e. The molecule has 1 amide bonds. The summed E-state index contributed by atoms with van der Waals surface area (Å²) in [6.07, 6.45) is 3.91. The van der Waals surface area contributed by atoms with Gasteiger partial charge in [0.05, 0.1) is 16.1 Å². The zero-order chi connectivity index (χ0) is 23.6. The van der Waals surface area contributed by atoms with Crippen molar-refractivity contribution in [2.45, 2.75) is 63.0 Å². The predicted octanol–water partition coefficient (Wildman–Crippen LogP) is 3.68. The number of benzene rings is 2. The molecule has 0 aromatic heterocycles. The average molecular weight is 471 g/mol. The van der Waals surface area contributed by atoms with Gasteiger partial charge in [0, 0.05) is 12.6 Å². The molecule has 1 fully saturated rings. The van der Waals surface area contributed by atoms with Crippen LogP contribution in [0.25, 0.3) is 0 Å². The molecule has 2 aliphatic rings. The zero-order valence-electron chi connectivity index (χ0n) is 19.0. The number of hydrogen-bond donors (Lipinski definition) is 1. The maximum Gasteiger partial charge on any atom is 0.338 e. The summed E-state index contributed by atoms with van der Waals surface area (Å²) < 4.78 is 33.3. The largest absolute Gasteiger partial charge is 0.449 e. The first-order chi connectivity index (χ1) is 15.8. The van der Waals surface area contributed by atoms with Gasteiger partial charge in [0.1, 0.15) is 0 Å². The van der Waals surface area contributed by atoms with E-state index in [4.69, 9.17) is 4.74 Å². The summed E-state index contributed by atoms with van der Waals surface area (Å²) in [7, 11) is -3.83. The molecule has 3 atom stereocenters. The summed E-state index contributed by atoms with van der Waals surface area (Å²) in [5.41, 5.74) is 1.73. The number of ether oxygens (including phenoxy) is 1. The number of nitrogens with zero attached hydrogens (tertiary/aromatic N) is 1. The first kappa shape index (κ1) is 23.3. The highest BCUT2D eigenvalue weighted by Crippen LogP contribution is 2.33. The van der Waals surface area contributed by atoms with Gasteiger partial charge >= 0.3 is 5.97 Å². The quantitative estimate of drug-likeness (QED) is 0.650. The van der Waals surface area contributed by atoms with Crippen LogP contribution in [0.4, 0.5) is 5.69 Å². The first-order valence-electron chi connectivity index (χ1n) is 11.5. The summed E-state index contributed by atoms with van der Waals surface area (Å²) in [5.74, 6) is -0.670. The van der Waals surface area contributed by atoms with Gasteiger partial charge in [0.2, 0.25) is 0 Å². The minimum atomic E-state index is -3.83. The van der Waals surface area contributed by atoms with Crippen molar-refractivity contribution >= 4 is 27.6 Å². The molecular formula is C25H30N2O5S. The van der Waals surface area contributed by atoms with Gasteiger partial charge in [-0.1, -0.05) is 44.0 Å². The van der Waals surface area contributed by atoms with E-state index in [-0.39, 0.29) is 22.4 Å². The Bertz CT molecular complexity index is 1150. The Balaban J connectivity index is 1.45. The monoisotopic (exact) mass is 470 g/mol. The van der Waals surface area contributed by atoms with Crippen LogP contribution in [0.5, 0.6) is 0 Å². The van der Waals surface area contributed by atoms with Crippen molar-refractivity contribution in [3.8, 4) is 0 Å². The van der Waals surface area contributed by atoms with Gasteiger partial charge in [-0.3, -0.25) is 9.10 Å². The van der Waals surface area contributed by atoms with E-state index in [2.05, 4.69) is 12.2 Å². The van der Waals surface area contributed by atoms with Crippen LogP contribution in [0.3, 0.4) is 0 Å².